The molecule has 5 nitrogen and oxygen atoms in total. The van der Waals surface area contributed by atoms with E-state index in [1.165, 1.54) is 25.7 Å². The number of anilines is 2. The molecule has 1 amide bonds. The van der Waals surface area contributed by atoms with Crippen LogP contribution in [0.5, 0.6) is 0 Å². The van der Waals surface area contributed by atoms with Gasteiger partial charge in [0.05, 0.1) is 0 Å². The summed E-state index contributed by atoms with van der Waals surface area (Å²) in [5.41, 5.74) is 0.527. The van der Waals surface area contributed by atoms with Gasteiger partial charge in [-0.25, -0.2) is 0 Å². The molecule has 1 aliphatic carbocycles. The SMILES string of the molecule is O=C(Nc1ccc(NC2CCCC2)nn1)c1ccc(Cl)cc1. The minimum absolute atomic E-state index is 0.234. The Balaban J connectivity index is 1.60. The summed E-state index contributed by atoms with van der Waals surface area (Å²) < 4.78 is 0. The Labute approximate surface area is 134 Å². The first-order valence-electron chi connectivity index (χ1n) is 7.38. The molecule has 0 unspecified atom stereocenters. The van der Waals surface area contributed by atoms with Crippen molar-refractivity contribution in [1.82, 2.24) is 10.2 Å². The van der Waals surface area contributed by atoms with Gasteiger partial charge in [-0.3, -0.25) is 4.79 Å². The third-order valence-corrected chi connectivity index (χ3v) is 3.97. The van der Waals surface area contributed by atoms with Gasteiger partial charge >= 0.3 is 0 Å². The zero-order chi connectivity index (χ0) is 15.4. The number of nitrogens with zero attached hydrogens (tertiary/aromatic N) is 2. The van der Waals surface area contributed by atoms with Crippen molar-refractivity contribution in [2.75, 3.05) is 10.6 Å². The number of carbonyl (C=O) groups is 1. The molecule has 0 bridgehead atoms. The van der Waals surface area contributed by atoms with Crippen molar-refractivity contribution < 1.29 is 4.79 Å². The molecule has 0 atom stereocenters. The highest BCUT2D eigenvalue weighted by atomic mass is 35.5. The van der Waals surface area contributed by atoms with Crippen molar-refractivity contribution in [2.24, 2.45) is 0 Å². The molecule has 1 aromatic heterocycles. The first-order chi connectivity index (χ1) is 10.7. The molecule has 0 aliphatic heterocycles. The molecule has 1 aromatic carbocycles. The second-order valence-electron chi connectivity index (χ2n) is 5.39. The standard InChI is InChI=1S/C16H17ClN4O/c17-12-7-5-11(6-8-12)16(22)19-15-10-9-14(20-21-15)18-13-3-1-2-4-13/h5-10,13H,1-4H2,(H,18,20)(H,19,21,22). The number of aromatic nitrogens is 2. The Morgan fingerprint density at radius 3 is 2.27 bits per heavy atom. The monoisotopic (exact) mass is 316 g/mol. The van der Waals surface area contributed by atoms with E-state index >= 15 is 0 Å². The molecular weight excluding hydrogens is 300 g/mol. The van der Waals surface area contributed by atoms with E-state index in [0.717, 1.165) is 5.82 Å². The summed E-state index contributed by atoms with van der Waals surface area (Å²) in [7, 11) is 0. The van der Waals surface area contributed by atoms with Crippen LogP contribution in [0.15, 0.2) is 36.4 Å². The van der Waals surface area contributed by atoms with Crippen molar-refractivity contribution in [3.63, 3.8) is 0 Å². The maximum atomic E-state index is 12.1. The number of halogens is 1. The van der Waals surface area contributed by atoms with Crippen molar-refractivity contribution in [3.05, 3.63) is 47.0 Å². The lowest BCUT2D eigenvalue weighted by Gasteiger charge is -2.12. The van der Waals surface area contributed by atoms with E-state index in [1.807, 2.05) is 6.07 Å². The van der Waals surface area contributed by atoms with Crippen LogP contribution < -0.4 is 10.6 Å². The fourth-order valence-corrected chi connectivity index (χ4v) is 2.67. The zero-order valence-corrected chi connectivity index (χ0v) is 12.8. The number of hydrogen-bond donors (Lipinski definition) is 2. The minimum atomic E-state index is -0.234. The third-order valence-electron chi connectivity index (χ3n) is 3.72. The van der Waals surface area contributed by atoms with Gasteiger partial charge in [-0.1, -0.05) is 24.4 Å². The van der Waals surface area contributed by atoms with E-state index in [9.17, 15) is 4.79 Å². The molecule has 114 valence electrons. The number of nitrogens with one attached hydrogen (secondary N) is 2. The second-order valence-corrected chi connectivity index (χ2v) is 5.83. The highest BCUT2D eigenvalue weighted by molar-refractivity contribution is 6.30. The summed E-state index contributed by atoms with van der Waals surface area (Å²) in [5.74, 6) is 0.941. The quantitative estimate of drug-likeness (QED) is 0.901. The van der Waals surface area contributed by atoms with Crippen molar-refractivity contribution in [2.45, 2.75) is 31.7 Å². The molecule has 1 aliphatic rings. The van der Waals surface area contributed by atoms with Gasteiger partial charge < -0.3 is 10.6 Å². The maximum absolute atomic E-state index is 12.1. The van der Waals surface area contributed by atoms with Gasteiger partial charge in [0, 0.05) is 16.6 Å². The van der Waals surface area contributed by atoms with E-state index in [0.29, 0.717) is 22.4 Å². The molecule has 6 heteroatoms. The smallest absolute Gasteiger partial charge is 0.256 e. The molecule has 0 saturated heterocycles. The van der Waals surface area contributed by atoms with E-state index in [1.54, 1.807) is 30.3 Å². The van der Waals surface area contributed by atoms with Crippen LogP contribution in [-0.2, 0) is 0 Å². The first kappa shape index (κ1) is 14.8. The molecule has 3 rings (SSSR count). The van der Waals surface area contributed by atoms with Gasteiger partial charge in [0.1, 0.15) is 5.82 Å². The summed E-state index contributed by atoms with van der Waals surface area (Å²) in [6.45, 7) is 0. The summed E-state index contributed by atoms with van der Waals surface area (Å²) in [5, 5.41) is 14.8. The van der Waals surface area contributed by atoms with Gasteiger partial charge in [0.2, 0.25) is 0 Å². The summed E-state index contributed by atoms with van der Waals surface area (Å²) in [4.78, 5) is 12.1. The summed E-state index contributed by atoms with van der Waals surface area (Å²) >= 11 is 5.80. The molecular formula is C16H17ClN4O. The number of benzene rings is 1. The number of rotatable bonds is 4. The van der Waals surface area contributed by atoms with Gasteiger partial charge in [0.15, 0.2) is 5.82 Å². The Kier molecular flexibility index (Phi) is 4.53. The van der Waals surface area contributed by atoms with Crippen LogP contribution in [0.4, 0.5) is 11.6 Å². The predicted molar refractivity (Wildman–Crippen MR) is 87.3 cm³/mol. The van der Waals surface area contributed by atoms with Gasteiger partial charge in [0.25, 0.3) is 5.91 Å². The minimum Gasteiger partial charge on any atom is -0.366 e. The molecule has 1 heterocycles. The number of carbonyl (C=O) groups excluding carboxylic acids is 1. The van der Waals surface area contributed by atoms with Crippen LogP contribution in [-0.4, -0.2) is 22.1 Å². The zero-order valence-electron chi connectivity index (χ0n) is 12.1. The van der Waals surface area contributed by atoms with Crippen LogP contribution in [0.3, 0.4) is 0 Å². The molecule has 2 aromatic rings. The van der Waals surface area contributed by atoms with Crippen LogP contribution in [0, 0.1) is 0 Å². The molecule has 0 spiro atoms. The van der Waals surface area contributed by atoms with Crippen molar-refractivity contribution >= 4 is 29.1 Å². The lowest BCUT2D eigenvalue weighted by molar-refractivity contribution is 0.102. The summed E-state index contributed by atoms with van der Waals surface area (Å²) in [6, 6.07) is 10.8. The Hall–Kier alpha value is -2.14. The second kappa shape index (κ2) is 6.75. The average Bonchev–Trinajstić information content (AvgIpc) is 3.03. The first-order valence-corrected chi connectivity index (χ1v) is 7.76. The van der Waals surface area contributed by atoms with Gasteiger partial charge in [-0.05, 0) is 49.2 Å². The number of amides is 1. The Morgan fingerprint density at radius 2 is 1.64 bits per heavy atom. The Bertz CT molecular complexity index is 636. The van der Waals surface area contributed by atoms with Crippen LogP contribution in [0.1, 0.15) is 36.0 Å². The molecule has 1 fully saturated rings. The summed E-state index contributed by atoms with van der Waals surface area (Å²) in [6.07, 6.45) is 4.88. The highest BCUT2D eigenvalue weighted by Gasteiger charge is 2.15. The number of hydrogen-bond acceptors (Lipinski definition) is 4. The van der Waals surface area contributed by atoms with E-state index < -0.39 is 0 Å². The van der Waals surface area contributed by atoms with Gasteiger partial charge in [-0.15, -0.1) is 10.2 Å². The van der Waals surface area contributed by atoms with Crippen molar-refractivity contribution in [3.8, 4) is 0 Å². The largest absolute Gasteiger partial charge is 0.366 e. The molecule has 1 saturated carbocycles. The molecule has 22 heavy (non-hydrogen) atoms. The fourth-order valence-electron chi connectivity index (χ4n) is 2.54. The fraction of sp³-hybridized carbons (Fsp3) is 0.312. The van der Waals surface area contributed by atoms with E-state index in [4.69, 9.17) is 11.6 Å². The van der Waals surface area contributed by atoms with Crippen LogP contribution >= 0.6 is 11.6 Å². The maximum Gasteiger partial charge on any atom is 0.256 e. The molecule has 0 radical (unpaired) electrons. The van der Waals surface area contributed by atoms with Crippen LogP contribution in [0.25, 0.3) is 0 Å². The predicted octanol–water partition coefficient (Wildman–Crippen LogP) is 3.74. The Morgan fingerprint density at radius 1 is 1.00 bits per heavy atom. The van der Waals surface area contributed by atoms with E-state index in [2.05, 4.69) is 20.8 Å². The van der Waals surface area contributed by atoms with Crippen molar-refractivity contribution in [1.29, 1.82) is 0 Å². The highest BCUT2D eigenvalue weighted by Crippen LogP contribution is 2.21. The normalized spacial score (nSPS) is 14.8. The van der Waals surface area contributed by atoms with Gasteiger partial charge in [-0.2, -0.15) is 0 Å². The lowest BCUT2D eigenvalue weighted by atomic mass is 10.2. The topological polar surface area (TPSA) is 66.9 Å². The lowest BCUT2D eigenvalue weighted by Crippen LogP contribution is -2.17. The third kappa shape index (κ3) is 3.74. The molecule has 2 N–H and O–H groups in total. The van der Waals surface area contributed by atoms with E-state index in [-0.39, 0.29) is 5.91 Å². The average molecular weight is 317 g/mol. The van der Waals surface area contributed by atoms with Crippen LogP contribution in [0.2, 0.25) is 5.02 Å².